The lowest BCUT2D eigenvalue weighted by Crippen LogP contribution is -2.68. The molecule has 0 radical (unpaired) electrons. The van der Waals surface area contributed by atoms with Gasteiger partial charge in [-0.3, -0.25) is 4.79 Å². The summed E-state index contributed by atoms with van der Waals surface area (Å²) in [6, 6.07) is 0. The van der Waals surface area contributed by atoms with Crippen LogP contribution in [-0.4, -0.2) is 121 Å². The van der Waals surface area contributed by atoms with Gasteiger partial charge in [0.25, 0.3) is 0 Å². The quantitative estimate of drug-likeness (QED) is 0.116. The predicted octanol–water partition coefficient (Wildman–Crippen LogP) is 2.59. The number of carbonyl (C=O) groups is 1. The molecule has 7 rings (SSSR count). The van der Waals surface area contributed by atoms with Crippen LogP contribution < -0.4 is 0 Å². The standard InChI is InChI=1S/C42H68O12/c1-21-10-15-42(36(50)53-25-18-22(19-43)29(45)32(48)31(25)47)17-16-39(5)23(34(42)41(21,7)51)8-9-27-38(4)13-12-28(37(2,3)26(38)11-14-40(27,39)6)54-35-33(49)30(46)24(44)20-52-35/h8,21-22,24-35,43-49,51H,9-20H2,1-7H3. The predicted molar refractivity (Wildman–Crippen MR) is 196 cm³/mol. The smallest absolute Gasteiger partial charge is 0.313 e. The maximum Gasteiger partial charge on any atom is 0.313 e. The molecule has 0 amide bonds. The summed E-state index contributed by atoms with van der Waals surface area (Å²) in [5, 5.41) is 85.3. The molecule has 0 bridgehead atoms. The average molecular weight is 765 g/mol. The van der Waals surface area contributed by atoms with Crippen molar-refractivity contribution in [1.82, 2.24) is 0 Å². The Morgan fingerprint density at radius 2 is 1.54 bits per heavy atom. The van der Waals surface area contributed by atoms with Crippen molar-refractivity contribution in [1.29, 1.82) is 0 Å². The molecule has 12 nitrogen and oxygen atoms in total. The van der Waals surface area contributed by atoms with E-state index in [1.54, 1.807) is 0 Å². The fourth-order valence-corrected chi connectivity index (χ4v) is 14.0. The van der Waals surface area contributed by atoms with E-state index in [2.05, 4.69) is 47.6 Å². The van der Waals surface area contributed by atoms with E-state index >= 15 is 0 Å². The van der Waals surface area contributed by atoms with Gasteiger partial charge in [0.15, 0.2) is 6.29 Å². The summed E-state index contributed by atoms with van der Waals surface area (Å²) in [6.45, 7) is 15.1. The van der Waals surface area contributed by atoms with E-state index in [0.29, 0.717) is 31.1 Å². The lowest BCUT2D eigenvalue weighted by atomic mass is 9.33. The molecule has 6 aliphatic carbocycles. The van der Waals surface area contributed by atoms with Gasteiger partial charge in [-0.2, -0.15) is 0 Å². The first-order valence-corrected chi connectivity index (χ1v) is 20.7. The van der Waals surface area contributed by atoms with E-state index in [0.717, 1.165) is 44.1 Å². The largest absolute Gasteiger partial charge is 0.459 e. The first kappa shape index (κ1) is 41.0. The number of aliphatic hydroxyl groups excluding tert-OH is 7. The normalized spacial score (nSPS) is 55.6. The van der Waals surface area contributed by atoms with Crippen molar-refractivity contribution in [3.05, 3.63) is 11.6 Å². The highest BCUT2D eigenvalue weighted by Gasteiger charge is 2.72. The second-order valence-corrected chi connectivity index (χ2v) is 20.4. The highest BCUT2D eigenvalue weighted by Crippen LogP contribution is 2.76. The third-order valence-corrected chi connectivity index (χ3v) is 17.7. The summed E-state index contributed by atoms with van der Waals surface area (Å²) < 4.78 is 18.3. The van der Waals surface area contributed by atoms with Crippen LogP contribution in [0.3, 0.4) is 0 Å². The molecule has 0 aromatic carbocycles. The maximum atomic E-state index is 14.7. The number of esters is 1. The molecule has 0 aromatic rings. The molecule has 8 N–H and O–H groups in total. The van der Waals surface area contributed by atoms with Crippen molar-refractivity contribution >= 4 is 5.97 Å². The first-order valence-electron chi connectivity index (χ1n) is 20.7. The maximum absolute atomic E-state index is 14.7. The van der Waals surface area contributed by atoms with E-state index in [1.807, 2.05) is 6.92 Å². The van der Waals surface area contributed by atoms with E-state index < -0.39 is 84.4 Å². The number of ether oxygens (including phenoxy) is 3. The highest BCUT2D eigenvalue weighted by molar-refractivity contribution is 5.79. The topological polar surface area (TPSA) is 207 Å². The lowest BCUT2D eigenvalue weighted by Gasteiger charge is -2.72. The zero-order valence-electron chi connectivity index (χ0n) is 33.4. The fraction of sp³-hybridized carbons (Fsp3) is 0.929. The van der Waals surface area contributed by atoms with Crippen LogP contribution in [0.25, 0.3) is 0 Å². The summed E-state index contributed by atoms with van der Waals surface area (Å²) in [5.74, 6) is -1.20. The Morgan fingerprint density at radius 1 is 0.833 bits per heavy atom. The molecule has 1 aliphatic heterocycles. The number of carbonyl (C=O) groups excluding carboxylic acids is 1. The van der Waals surface area contributed by atoms with Crippen LogP contribution in [0.4, 0.5) is 0 Å². The number of fused-ring (bicyclic) bond motifs is 7. The minimum Gasteiger partial charge on any atom is -0.459 e. The zero-order chi connectivity index (χ0) is 39.6. The Kier molecular flexibility index (Phi) is 10.4. The number of hydrogen-bond donors (Lipinski definition) is 8. The lowest BCUT2D eigenvalue weighted by molar-refractivity contribution is -0.308. The molecule has 0 spiro atoms. The molecule has 5 saturated carbocycles. The number of rotatable bonds is 5. The van der Waals surface area contributed by atoms with Crippen molar-refractivity contribution in [3.8, 4) is 0 Å². The Bertz CT molecular complexity index is 1460. The van der Waals surface area contributed by atoms with E-state index in [-0.39, 0.29) is 46.7 Å². The van der Waals surface area contributed by atoms with Crippen LogP contribution in [0.15, 0.2) is 11.6 Å². The van der Waals surface area contributed by atoms with Gasteiger partial charge < -0.3 is 55.1 Å². The Labute approximate surface area is 320 Å². The van der Waals surface area contributed by atoms with Crippen LogP contribution in [-0.2, 0) is 19.0 Å². The minimum atomic E-state index is -1.55. The van der Waals surface area contributed by atoms with Crippen molar-refractivity contribution < 1.29 is 59.9 Å². The second kappa shape index (κ2) is 13.7. The molecule has 7 aliphatic rings. The average Bonchev–Trinajstić information content (AvgIpc) is 3.11. The van der Waals surface area contributed by atoms with Gasteiger partial charge >= 0.3 is 5.97 Å². The molecule has 12 heteroatoms. The fourth-order valence-electron chi connectivity index (χ4n) is 14.0. The van der Waals surface area contributed by atoms with Gasteiger partial charge in [-0.15, -0.1) is 0 Å². The van der Waals surface area contributed by atoms with Gasteiger partial charge in [0, 0.05) is 18.4 Å². The zero-order valence-corrected chi connectivity index (χ0v) is 33.4. The molecule has 1 heterocycles. The van der Waals surface area contributed by atoms with Crippen LogP contribution in [0, 0.1) is 56.7 Å². The molecule has 0 aromatic heterocycles. The van der Waals surface area contributed by atoms with Gasteiger partial charge in [0.05, 0.1) is 29.8 Å². The van der Waals surface area contributed by atoms with Crippen molar-refractivity contribution in [2.45, 2.75) is 173 Å². The Balaban J connectivity index is 1.19. The van der Waals surface area contributed by atoms with Gasteiger partial charge in [0.1, 0.15) is 36.6 Å². The molecular weight excluding hydrogens is 696 g/mol. The molecule has 308 valence electrons. The highest BCUT2D eigenvalue weighted by atomic mass is 16.7. The molecule has 54 heavy (non-hydrogen) atoms. The van der Waals surface area contributed by atoms with Crippen LogP contribution >= 0.6 is 0 Å². The number of aliphatic hydroxyl groups is 8. The molecule has 19 atom stereocenters. The van der Waals surface area contributed by atoms with Crippen molar-refractivity contribution in [2.24, 2.45) is 56.7 Å². The minimum absolute atomic E-state index is 0.0245. The summed E-state index contributed by atoms with van der Waals surface area (Å²) in [5.41, 5.74) is -1.90. The van der Waals surface area contributed by atoms with Gasteiger partial charge in [-0.1, -0.05) is 53.2 Å². The summed E-state index contributed by atoms with van der Waals surface area (Å²) >= 11 is 0. The van der Waals surface area contributed by atoms with Gasteiger partial charge in [-0.25, -0.2) is 0 Å². The van der Waals surface area contributed by atoms with Gasteiger partial charge in [-0.05, 0) is 111 Å². The second-order valence-electron chi connectivity index (χ2n) is 20.4. The SMILES string of the molecule is CC1CCC2(C(=O)OC3CC(CO)C(O)C(O)C3O)CCC3(C)C(=CCC4C5(C)CCC(OC6OCC(O)C(O)C6O)C(C)(C)C5CCC43C)C2C1(C)O. The molecule has 6 fully saturated rings. The first-order chi connectivity index (χ1) is 25.1. The summed E-state index contributed by atoms with van der Waals surface area (Å²) in [4.78, 5) is 14.7. The molecule has 1 saturated heterocycles. The third kappa shape index (κ3) is 5.69. The molecule has 19 unspecified atom stereocenters. The Hall–Kier alpha value is -1.19. The third-order valence-electron chi connectivity index (χ3n) is 17.7. The van der Waals surface area contributed by atoms with Crippen molar-refractivity contribution in [2.75, 3.05) is 13.2 Å². The van der Waals surface area contributed by atoms with Crippen LogP contribution in [0.5, 0.6) is 0 Å². The number of hydrogen-bond acceptors (Lipinski definition) is 12. The van der Waals surface area contributed by atoms with Crippen molar-refractivity contribution in [3.63, 3.8) is 0 Å². The van der Waals surface area contributed by atoms with Crippen LogP contribution in [0.2, 0.25) is 0 Å². The summed E-state index contributed by atoms with van der Waals surface area (Å²) in [6.07, 6.45) is -1.36. The van der Waals surface area contributed by atoms with E-state index in [1.165, 1.54) is 0 Å². The monoisotopic (exact) mass is 764 g/mol. The van der Waals surface area contributed by atoms with E-state index in [9.17, 15) is 45.6 Å². The number of allylic oxidation sites excluding steroid dienone is 1. The molecular formula is C42H68O12. The van der Waals surface area contributed by atoms with E-state index in [4.69, 9.17) is 14.2 Å². The Morgan fingerprint density at radius 3 is 2.22 bits per heavy atom. The summed E-state index contributed by atoms with van der Waals surface area (Å²) in [7, 11) is 0. The van der Waals surface area contributed by atoms with Crippen LogP contribution in [0.1, 0.15) is 113 Å². The van der Waals surface area contributed by atoms with Gasteiger partial charge in [0.2, 0.25) is 0 Å².